The molecular weight excluding hydrogens is 395 g/mol. The number of fused-ring (bicyclic) bond motifs is 1. The van der Waals surface area contributed by atoms with Gasteiger partial charge in [0.1, 0.15) is 11.3 Å². The Balaban J connectivity index is 2.76. The van der Waals surface area contributed by atoms with Crippen molar-refractivity contribution in [1.82, 2.24) is 0 Å². The summed E-state index contributed by atoms with van der Waals surface area (Å²) in [7, 11) is 0. The Morgan fingerprint density at radius 2 is 2.05 bits per heavy atom. The topological polar surface area (TPSA) is 50.4 Å². The molecule has 0 aliphatic heterocycles. The zero-order chi connectivity index (χ0) is 15.0. The average molecular weight is 408 g/mol. The van der Waals surface area contributed by atoms with Gasteiger partial charge in [0, 0.05) is 26.7 Å². The Morgan fingerprint density at radius 1 is 1.40 bits per heavy atom. The van der Waals surface area contributed by atoms with Gasteiger partial charge in [-0.05, 0) is 31.9 Å². The van der Waals surface area contributed by atoms with Crippen LogP contribution in [0.3, 0.4) is 0 Å². The van der Waals surface area contributed by atoms with Crippen molar-refractivity contribution in [2.24, 2.45) is 0 Å². The Morgan fingerprint density at radius 3 is 2.65 bits per heavy atom. The average Bonchev–Trinajstić information content (AvgIpc) is 2.43. The fraction of sp³-hybridized carbons (Fsp3) is 0.357. The normalized spacial score (nSPS) is 12.8. The van der Waals surface area contributed by atoms with E-state index in [1.54, 1.807) is 13.0 Å². The van der Waals surface area contributed by atoms with Gasteiger partial charge in [-0.25, -0.2) is 4.79 Å². The molecule has 0 aliphatic carbocycles. The second-order valence-electron chi connectivity index (χ2n) is 4.67. The van der Waals surface area contributed by atoms with Gasteiger partial charge in [-0.15, -0.1) is 0 Å². The predicted octanol–water partition coefficient (Wildman–Crippen LogP) is 3.96. The minimum absolute atomic E-state index is 0.0806. The lowest BCUT2D eigenvalue weighted by atomic mass is 9.99. The highest BCUT2D eigenvalue weighted by Gasteiger charge is 2.18. The van der Waals surface area contributed by atoms with E-state index in [2.05, 4.69) is 31.9 Å². The van der Waals surface area contributed by atoms with Crippen molar-refractivity contribution in [3.05, 3.63) is 39.0 Å². The molecule has 6 heteroatoms. The smallest absolute Gasteiger partial charge is 0.372 e. The maximum Gasteiger partial charge on any atom is 0.372 e. The Labute approximate surface area is 132 Å². The van der Waals surface area contributed by atoms with Crippen LogP contribution in [0.5, 0.6) is 5.75 Å². The van der Waals surface area contributed by atoms with Gasteiger partial charge in [-0.2, -0.15) is 4.39 Å². The molecule has 0 fully saturated rings. The third kappa shape index (κ3) is 2.63. The van der Waals surface area contributed by atoms with E-state index in [0.29, 0.717) is 22.9 Å². The van der Waals surface area contributed by atoms with Crippen molar-refractivity contribution in [3.63, 3.8) is 0 Å². The maximum atomic E-state index is 13.7. The van der Waals surface area contributed by atoms with Crippen LogP contribution in [0.1, 0.15) is 16.7 Å². The number of benzene rings is 1. The highest BCUT2D eigenvalue weighted by atomic mass is 79.9. The summed E-state index contributed by atoms with van der Waals surface area (Å²) in [6.45, 7) is 3.18. The molecule has 0 bridgehead atoms. The quantitative estimate of drug-likeness (QED) is 0.618. The molecule has 2 rings (SSSR count). The molecule has 2 aromatic rings. The van der Waals surface area contributed by atoms with Crippen LogP contribution in [0, 0.1) is 19.7 Å². The van der Waals surface area contributed by atoms with E-state index in [1.807, 2.05) is 0 Å². The summed E-state index contributed by atoms with van der Waals surface area (Å²) in [6, 6.07) is 1.68. The zero-order valence-electron chi connectivity index (χ0n) is 11.0. The number of halogens is 3. The molecule has 0 saturated heterocycles. The second kappa shape index (κ2) is 5.85. The summed E-state index contributed by atoms with van der Waals surface area (Å²) in [6.07, 6.45) is 0.577. The third-order valence-corrected chi connectivity index (χ3v) is 5.58. The van der Waals surface area contributed by atoms with E-state index in [9.17, 15) is 14.3 Å². The van der Waals surface area contributed by atoms with Crippen LogP contribution in [-0.2, 0) is 6.42 Å². The van der Waals surface area contributed by atoms with Crippen molar-refractivity contribution < 1.29 is 13.9 Å². The van der Waals surface area contributed by atoms with E-state index in [1.165, 1.54) is 6.92 Å². The Hall–Kier alpha value is -0.880. The Bertz CT molecular complexity index is 725. The molecule has 1 aromatic carbocycles. The van der Waals surface area contributed by atoms with Crippen LogP contribution in [0.2, 0.25) is 0 Å². The first-order chi connectivity index (χ1) is 9.36. The number of phenols is 1. The summed E-state index contributed by atoms with van der Waals surface area (Å²) in [4.78, 5) is 11.5. The first kappa shape index (κ1) is 15.5. The molecule has 1 unspecified atom stereocenters. The largest absolute Gasteiger partial charge is 0.507 e. The highest BCUT2D eigenvalue weighted by Crippen LogP contribution is 2.33. The maximum absolute atomic E-state index is 13.7. The monoisotopic (exact) mass is 406 g/mol. The SMILES string of the molecule is Cc1c(F)c(=O)oc2c(C)c(O)c(CC(Br)CBr)cc12. The molecule has 0 spiro atoms. The minimum Gasteiger partial charge on any atom is -0.507 e. The van der Waals surface area contributed by atoms with Crippen LogP contribution in [-0.4, -0.2) is 15.3 Å². The lowest BCUT2D eigenvalue weighted by molar-refractivity contribution is 0.455. The fourth-order valence-corrected chi connectivity index (χ4v) is 2.70. The molecule has 3 nitrogen and oxygen atoms in total. The van der Waals surface area contributed by atoms with E-state index in [0.717, 1.165) is 5.33 Å². The van der Waals surface area contributed by atoms with Crippen LogP contribution in [0.4, 0.5) is 4.39 Å². The van der Waals surface area contributed by atoms with Gasteiger partial charge in [0.2, 0.25) is 5.82 Å². The van der Waals surface area contributed by atoms with E-state index in [-0.39, 0.29) is 21.7 Å². The molecule has 0 amide bonds. The number of hydrogen-bond acceptors (Lipinski definition) is 3. The van der Waals surface area contributed by atoms with Crippen LogP contribution in [0.15, 0.2) is 15.3 Å². The molecule has 0 radical (unpaired) electrons. The summed E-state index contributed by atoms with van der Waals surface area (Å²) >= 11 is 6.83. The summed E-state index contributed by atoms with van der Waals surface area (Å²) in [5, 5.41) is 11.4. The van der Waals surface area contributed by atoms with Gasteiger partial charge < -0.3 is 9.52 Å². The number of phenolic OH excluding ortho intramolecular Hbond substituents is 1. The second-order valence-corrected chi connectivity index (χ2v) is 6.61. The molecule has 0 aliphatic rings. The first-order valence-electron chi connectivity index (χ1n) is 6.01. The minimum atomic E-state index is -1.01. The van der Waals surface area contributed by atoms with Gasteiger partial charge in [0.15, 0.2) is 0 Å². The molecule has 1 atom stereocenters. The van der Waals surface area contributed by atoms with Crippen molar-refractivity contribution >= 4 is 42.8 Å². The van der Waals surface area contributed by atoms with Gasteiger partial charge in [0.05, 0.1) is 0 Å². The van der Waals surface area contributed by atoms with Gasteiger partial charge in [-0.1, -0.05) is 31.9 Å². The van der Waals surface area contributed by atoms with Gasteiger partial charge in [-0.3, -0.25) is 0 Å². The van der Waals surface area contributed by atoms with E-state index < -0.39 is 11.4 Å². The van der Waals surface area contributed by atoms with Gasteiger partial charge >= 0.3 is 5.63 Å². The molecule has 108 valence electrons. The van der Waals surface area contributed by atoms with Gasteiger partial charge in [0.25, 0.3) is 0 Å². The van der Waals surface area contributed by atoms with Crippen molar-refractivity contribution in [1.29, 1.82) is 0 Å². The van der Waals surface area contributed by atoms with Crippen molar-refractivity contribution in [2.45, 2.75) is 25.1 Å². The zero-order valence-corrected chi connectivity index (χ0v) is 14.1. The lowest BCUT2D eigenvalue weighted by Gasteiger charge is -2.13. The highest BCUT2D eigenvalue weighted by molar-refractivity contribution is 9.12. The molecule has 0 saturated carbocycles. The summed E-state index contributed by atoms with van der Waals surface area (Å²) < 4.78 is 18.6. The number of rotatable bonds is 3. The van der Waals surface area contributed by atoms with E-state index in [4.69, 9.17) is 4.42 Å². The van der Waals surface area contributed by atoms with Crippen molar-refractivity contribution in [3.8, 4) is 5.75 Å². The third-order valence-electron chi connectivity index (χ3n) is 3.28. The molecule has 1 heterocycles. The number of aromatic hydroxyl groups is 1. The predicted molar refractivity (Wildman–Crippen MR) is 83.8 cm³/mol. The molecule has 1 N–H and O–H groups in total. The molecular formula is C14H13Br2FO3. The number of aryl methyl sites for hydroxylation is 2. The van der Waals surface area contributed by atoms with Crippen LogP contribution in [0.25, 0.3) is 11.0 Å². The fourth-order valence-electron chi connectivity index (χ4n) is 2.13. The molecule has 1 aromatic heterocycles. The summed E-state index contributed by atoms with van der Waals surface area (Å²) in [5.74, 6) is -0.804. The Kier molecular flexibility index (Phi) is 4.54. The first-order valence-corrected chi connectivity index (χ1v) is 8.04. The van der Waals surface area contributed by atoms with Crippen LogP contribution >= 0.6 is 31.9 Å². The number of alkyl halides is 2. The standard InChI is InChI=1S/C14H13Br2FO3/c1-6-10-4-8(3-9(16)5-15)12(18)7(2)13(10)20-14(19)11(6)17/h4,9,18H,3,5H2,1-2H3. The van der Waals surface area contributed by atoms with Crippen molar-refractivity contribution in [2.75, 3.05) is 5.33 Å². The lowest BCUT2D eigenvalue weighted by Crippen LogP contribution is -2.09. The summed E-state index contributed by atoms with van der Waals surface area (Å²) in [5.41, 5.74) is 0.606. The molecule has 20 heavy (non-hydrogen) atoms. The van der Waals surface area contributed by atoms with Crippen LogP contribution < -0.4 is 5.63 Å². The number of hydrogen-bond donors (Lipinski definition) is 1. The van der Waals surface area contributed by atoms with E-state index >= 15 is 0 Å².